The lowest BCUT2D eigenvalue weighted by atomic mass is 10.2. The number of esters is 1. The fourth-order valence-electron chi connectivity index (χ4n) is 1.98. The van der Waals surface area contributed by atoms with Gasteiger partial charge in [-0.15, -0.1) is 11.3 Å². The Balaban J connectivity index is 2.32. The molecule has 0 aliphatic carbocycles. The van der Waals surface area contributed by atoms with E-state index in [0.717, 1.165) is 11.3 Å². The van der Waals surface area contributed by atoms with Gasteiger partial charge in [0, 0.05) is 24.1 Å². The topological polar surface area (TPSA) is 75.7 Å². The lowest BCUT2D eigenvalue weighted by Gasteiger charge is -2.33. The van der Waals surface area contributed by atoms with Gasteiger partial charge in [0.1, 0.15) is 10.3 Å². The number of ether oxygens (including phenoxy) is 1. The Hall–Kier alpha value is -0.480. The highest BCUT2D eigenvalue weighted by Gasteiger charge is 2.39. The molecule has 9 heteroatoms. The van der Waals surface area contributed by atoms with Crippen molar-refractivity contribution < 1.29 is 17.9 Å². The van der Waals surface area contributed by atoms with E-state index in [4.69, 9.17) is 4.74 Å². The first-order valence-corrected chi connectivity index (χ1v) is 9.22. The summed E-state index contributed by atoms with van der Waals surface area (Å²) in [7, 11) is -3.70. The van der Waals surface area contributed by atoms with Crippen LogP contribution in [0.25, 0.3) is 0 Å². The second kappa shape index (κ2) is 6.52. The van der Waals surface area contributed by atoms with Crippen LogP contribution in [-0.4, -0.2) is 51.0 Å². The minimum atomic E-state index is -3.70. The number of sulfonamides is 1. The smallest absolute Gasteiger partial charge is 0.325 e. The quantitative estimate of drug-likeness (QED) is 0.787. The van der Waals surface area contributed by atoms with Gasteiger partial charge in [-0.2, -0.15) is 4.31 Å². The zero-order valence-corrected chi connectivity index (χ0v) is 14.1. The summed E-state index contributed by atoms with van der Waals surface area (Å²) >= 11 is 4.36. The van der Waals surface area contributed by atoms with E-state index in [9.17, 15) is 13.2 Å². The van der Waals surface area contributed by atoms with Gasteiger partial charge in [-0.3, -0.25) is 4.79 Å². The average Bonchev–Trinajstić information content (AvgIpc) is 2.86. The zero-order valence-electron chi connectivity index (χ0n) is 10.8. The molecule has 1 N–H and O–H groups in total. The molecule has 0 saturated carbocycles. The molecule has 1 saturated heterocycles. The van der Waals surface area contributed by atoms with Crippen molar-refractivity contribution in [2.75, 3.05) is 26.2 Å². The largest absolute Gasteiger partial charge is 0.465 e. The zero-order chi connectivity index (χ0) is 14.8. The third-order valence-electron chi connectivity index (χ3n) is 2.88. The van der Waals surface area contributed by atoms with Crippen LogP contribution in [-0.2, 0) is 19.6 Å². The maximum absolute atomic E-state index is 12.7. The van der Waals surface area contributed by atoms with Gasteiger partial charge in [0.2, 0.25) is 0 Å². The molecule has 1 aromatic heterocycles. The second-order valence-electron chi connectivity index (χ2n) is 4.14. The van der Waals surface area contributed by atoms with E-state index >= 15 is 0 Å². The first-order valence-electron chi connectivity index (χ1n) is 6.10. The minimum absolute atomic E-state index is 0.216. The summed E-state index contributed by atoms with van der Waals surface area (Å²) in [6.45, 7) is 2.95. The predicted molar refractivity (Wildman–Crippen MR) is 79.2 cm³/mol. The SMILES string of the molecule is CCOC(=O)C1CNCCN1S(=O)(=O)c1sccc1Br. The van der Waals surface area contributed by atoms with Crippen molar-refractivity contribution >= 4 is 43.3 Å². The Labute approximate surface area is 130 Å². The van der Waals surface area contributed by atoms with E-state index in [0.29, 0.717) is 11.0 Å². The summed E-state index contributed by atoms with van der Waals surface area (Å²) in [4.78, 5) is 11.9. The Morgan fingerprint density at radius 1 is 1.65 bits per heavy atom. The van der Waals surface area contributed by atoms with Crippen LogP contribution >= 0.6 is 27.3 Å². The fourth-order valence-corrected chi connectivity index (χ4v) is 5.99. The van der Waals surface area contributed by atoms with Gasteiger partial charge in [0.15, 0.2) is 0 Å². The summed E-state index contributed by atoms with van der Waals surface area (Å²) in [5.74, 6) is -0.518. The lowest BCUT2D eigenvalue weighted by Crippen LogP contribution is -2.57. The first kappa shape index (κ1) is 15.9. The van der Waals surface area contributed by atoms with Gasteiger partial charge >= 0.3 is 5.97 Å². The minimum Gasteiger partial charge on any atom is -0.465 e. The second-order valence-corrected chi connectivity index (χ2v) is 8.00. The van der Waals surface area contributed by atoms with Gasteiger partial charge in [-0.25, -0.2) is 8.42 Å². The molecule has 1 unspecified atom stereocenters. The molecule has 20 heavy (non-hydrogen) atoms. The maximum atomic E-state index is 12.7. The molecule has 112 valence electrons. The molecule has 1 aromatic rings. The molecular weight excluding hydrogens is 368 g/mol. The van der Waals surface area contributed by atoms with Gasteiger partial charge in [0.05, 0.1) is 6.61 Å². The van der Waals surface area contributed by atoms with Crippen LogP contribution in [0, 0.1) is 0 Å². The van der Waals surface area contributed by atoms with E-state index in [1.165, 1.54) is 4.31 Å². The Bertz CT molecular complexity index is 587. The fraction of sp³-hybridized carbons (Fsp3) is 0.545. The molecule has 0 spiro atoms. The van der Waals surface area contributed by atoms with E-state index in [1.54, 1.807) is 18.4 Å². The van der Waals surface area contributed by atoms with E-state index in [2.05, 4.69) is 21.2 Å². The maximum Gasteiger partial charge on any atom is 0.325 e. The van der Waals surface area contributed by atoms with Crippen molar-refractivity contribution in [3.63, 3.8) is 0 Å². The highest BCUT2D eigenvalue weighted by atomic mass is 79.9. The molecular formula is C11H15BrN2O4S2. The van der Waals surface area contributed by atoms with E-state index in [-0.39, 0.29) is 23.9 Å². The van der Waals surface area contributed by atoms with Crippen LogP contribution in [0.15, 0.2) is 20.1 Å². The monoisotopic (exact) mass is 382 g/mol. The molecule has 2 rings (SSSR count). The number of carbonyl (C=O) groups is 1. The van der Waals surface area contributed by atoms with Crippen molar-refractivity contribution in [2.45, 2.75) is 17.2 Å². The summed E-state index contributed by atoms with van der Waals surface area (Å²) < 4.78 is 32.2. The molecule has 1 atom stereocenters. The number of carbonyl (C=O) groups excluding carboxylic acids is 1. The van der Waals surface area contributed by atoms with Gasteiger partial charge in [-0.05, 0) is 34.3 Å². The molecule has 0 aromatic carbocycles. The number of hydrogen-bond acceptors (Lipinski definition) is 6. The van der Waals surface area contributed by atoms with Crippen LogP contribution in [0.1, 0.15) is 6.92 Å². The van der Waals surface area contributed by atoms with Crippen molar-refractivity contribution in [1.82, 2.24) is 9.62 Å². The van der Waals surface area contributed by atoms with Crippen molar-refractivity contribution in [1.29, 1.82) is 0 Å². The number of nitrogens with zero attached hydrogens (tertiary/aromatic N) is 1. The third kappa shape index (κ3) is 3.06. The standard InChI is InChI=1S/C11H15BrN2O4S2/c1-2-18-10(15)9-7-13-4-5-14(9)20(16,17)11-8(12)3-6-19-11/h3,6,9,13H,2,4-5,7H2,1H3. The summed E-state index contributed by atoms with van der Waals surface area (Å²) in [6, 6.07) is 0.863. The van der Waals surface area contributed by atoms with Gasteiger partial charge < -0.3 is 10.1 Å². The number of hydrogen-bond donors (Lipinski definition) is 1. The summed E-state index contributed by atoms with van der Waals surface area (Å²) in [5, 5.41) is 4.71. The number of rotatable bonds is 4. The number of thiophene rings is 1. The predicted octanol–water partition coefficient (Wildman–Crippen LogP) is 1.04. The van der Waals surface area contributed by atoms with E-state index < -0.39 is 22.0 Å². The molecule has 1 aliphatic heterocycles. The highest BCUT2D eigenvalue weighted by Crippen LogP contribution is 2.31. The summed E-state index contributed by atoms with van der Waals surface area (Å²) in [5.41, 5.74) is 0. The van der Waals surface area contributed by atoms with Crippen LogP contribution in [0.2, 0.25) is 0 Å². The van der Waals surface area contributed by atoms with Crippen LogP contribution < -0.4 is 5.32 Å². The van der Waals surface area contributed by atoms with Gasteiger partial charge in [0.25, 0.3) is 10.0 Å². The van der Waals surface area contributed by atoms with E-state index in [1.807, 2.05) is 0 Å². The summed E-state index contributed by atoms with van der Waals surface area (Å²) in [6.07, 6.45) is 0. The van der Waals surface area contributed by atoms with Crippen molar-refractivity contribution in [3.05, 3.63) is 15.9 Å². The van der Waals surface area contributed by atoms with Crippen LogP contribution in [0.4, 0.5) is 0 Å². The molecule has 1 fully saturated rings. The lowest BCUT2D eigenvalue weighted by molar-refractivity contribution is -0.148. The number of nitrogens with one attached hydrogen (secondary N) is 1. The van der Waals surface area contributed by atoms with Crippen molar-refractivity contribution in [2.24, 2.45) is 0 Å². The first-order chi connectivity index (χ1) is 9.48. The Morgan fingerprint density at radius 3 is 3.00 bits per heavy atom. The number of halogens is 1. The van der Waals surface area contributed by atoms with Crippen molar-refractivity contribution in [3.8, 4) is 0 Å². The molecule has 2 heterocycles. The highest BCUT2D eigenvalue weighted by molar-refractivity contribution is 9.10. The third-order valence-corrected chi connectivity index (χ3v) is 7.44. The average molecular weight is 383 g/mol. The molecule has 0 bridgehead atoms. The number of piperazine rings is 1. The molecule has 0 radical (unpaired) electrons. The van der Waals surface area contributed by atoms with Crippen LogP contribution in [0.5, 0.6) is 0 Å². The molecule has 6 nitrogen and oxygen atoms in total. The van der Waals surface area contributed by atoms with Crippen LogP contribution in [0.3, 0.4) is 0 Å². The molecule has 1 aliphatic rings. The normalized spacial score (nSPS) is 20.8. The Kier molecular flexibility index (Phi) is 5.19. The Morgan fingerprint density at radius 2 is 2.40 bits per heavy atom. The molecule has 0 amide bonds. The van der Waals surface area contributed by atoms with Gasteiger partial charge in [-0.1, -0.05) is 0 Å².